The second kappa shape index (κ2) is 8.16. The summed E-state index contributed by atoms with van der Waals surface area (Å²) < 4.78 is 5.18. The first-order valence-electron chi connectivity index (χ1n) is 9.75. The Bertz CT molecular complexity index is 800. The van der Waals surface area contributed by atoms with Crippen molar-refractivity contribution in [3.63, 3.8) is 0 Å². The number of amides is 2. The topological polar surface area (TPSA) is 83.0 Å². The van der Waals surface area contributed by atoms with Gasteiger partial charge in [0.25, 0.3) is 5.91 Å². The van der Waals surface area contributed by atoms with Gasteiger partial charge in [0.2, 0.25) is 5.91 Å². The number of carbonyl (C=O) groups excluding carboxylic acids is 2. The number of carbonyl (C=O) groups is 2. The molecule has 2 aliphatic rings. The van der Waals surface area contributed by atoms with Gasteiger partial charge in [-0.15, -0.1) is 0 Å². The van der Waals surface area contributed by atoms with Crippen LogP contribution in [0.3, 0.4) is 0 Å². The normalized spacial score (nSPS) is 23.2. The Morgan fingerprint density at radius 3 is 2.36 bits per heavy atom. The molecular formula is C21H26N4O3. The van der Waals surface area contributed by atoms with Gasteiger partial charge in [0.05, 0.1) is 12.8 Å². The molecule has 1 aromatic carbocycles. The molecule has 4 rings (SSSR count). The van der Waals surface area contributed by atoms with Gasteiger partial charge in [-0.25, -0.2) is 0 Å². The smallest absolute Gasteiger partial charge is 0.289 e. The van der Waals surface area contributed by atoms with Gasteiger partial charge in [-0.2, -0.15) is 0 Å². The molecule has 2 saturated heterocycles. The fourth-order valence-corrected chi connectivity index (χ4v) is 4.10. The minimum atomic E-state index is -0.117. The molecule has 0 radical (unpaired) electrons. The molecule has 0 unspecified atom stereocenters. The van der Waals surface area contributed by atoms with E-state index in [2.05, 4.69) is 17.0 Å². The maximum absolute atomic E-state index is 12.7. The van der Waals surface area contributed by atoms with Crippen LogP contribution < -0.4 is 5.73 Å². The molecule has 2 N–H and O–H groups in total. The van der Waals surface area contributed by atoms with Crippen molar-refractivity contribution in [1.82, 2.24) is 14.7 Å². The van der Waals surface area contributed by atoms with Crippen LogP contribution in [0.25, 0.3) is 0 Å². The Balaban J connectivity index is 1.28. The summed E-state index contributed by atoms with van der Waals surface area (Å²) in [4.78, 5) is 30.8. The molecule has 2 atom stereocenters. The highest BCUT2D eigenvalue weighted by Gasteiger charge is 2.33. The Kier molecular flexibility index (Phi) is 5.45. The number of furan rings is 1. The van der Waals surface area contributed by atoms with Crippen LogP contribution in [0.4, 0.5) is 0 Å². The van der Waals surface area contributed by atoms with Crippen molar-refractivity contribution in [2.75, 3.05) is 45.8 Å². The molecule has 3 heterocycles. The van der Waals surface area contributed by atoms with E-state index in [1.54, 1.807) is 17.0 Å². The standard InChI is InChI=1S/C21H26N4O3/c22-18-14-23(13-17(18)16-5-2-1-3-6-16)15-20(26)24-8-10-25(11-9-24)21(27)19-7-4-12-28-19/h1-7,12,17-18H,8-11,13-15,22H2/t17-,18+/m0/s1. The second-order valence-electron chi connectivity index (χ2n) is 7.53. The second-order valence-corrected chi connectivity index (χ2v) is 7.53. The van der Waals surface area contributed by atoms with Crippen molar-refractivity contribution < 1.29 is 14.0 Å². The van der Waals surface area contributed by atoms with Crippen molar-refractivity contribution in [2.45, 2.75) is 12.0 Å². The zero-order valence-electron chi connectivity index (χ0n) is 15.9. The molecule has 2 aliphatic heterocycles. The third-order valence-corrected chi connectivity index (χ3v) is 5.68. The van der Waals surface area contributed by atoms with E-state index in [1.807, 2.05) is 23.1 Å². The molecule has 2 amide bonds. The zero-order chi connectivity index (χ0) is 19.5. The minimum Gasteiger partial charge on any atom is -0.459 e. The van der Waals surface area contributed by atoms with Gasteiger partial charge in [-0.1, -0.05) is 30.3 Å². The van der Waals surface area contributed by atoms with Crippen LogP contribution in [0, 0.1) is 0 Å². The Hall–Kier alpha value is -2.64. The van der Waals surface area contributed by atoms with Crippen LogP contribution in [0.15, 0.2) is 53.1 Å². The van der Waals surface area contributed by atoms with E-state index in [-0.39, 0.29) is 23.8 Å². The van der Waals surface area contributed by atoms with Crippen molar-refractivity contribution in [1.29, 1.82) is 0 Å². The molecule has 7 nitrogen and oxygen atoms in total. The number of benzene rings is 1. The van der Waals surface area contributed by atoms with E-state index in [4.69, 9.17) is 10.2 Å². The molecule has 0 saturated carbocycles. The highest BCUT2D eigenvalue weighted by molar-refractivity contribution is 5.91. The quantitative estimate of drug-likeness (QED) is 0.853. The summed E-state index contributed by atoms with van der Waals surface area (Å²) in [6.45, 7) is 4.05. The van der Waals surface area contributed by atoms with E-state index in [0.717, 1.165) is 13.1 Å². The molecule has 1 aromatic heterocycles. The SMILES string of the molecule is N[C@@H]1CN(CC(=O)N2CCN(C(=O)c3ccco3)CC2)C[C@H]1c1ccccc1. The number of hydrogen-bond donors (Lipinski definition) is 1. The van der Waals surface area contributed by atoms with Crippen LogP contribution in [-0.2, 0) is 4.79 Å². The highest BCUT2D eigenvalue weighted by atomic mass is 16.3. The van der Waals surface area contributed by atoms with Crippen LogP contribution in [-0.4, -0.2) is 78.4 Å². The largest absolute Gasteiger partial charge is 0.459 e. The maximum atomic E-state index is 12.7. The Morgan fingerprint density at radius 1 is 0.964 bits per heavy atom. The number of likely N-dealkylation sites (tertiary alicyclic amines) is 1. The van der Waals surface area contributed by atoms with Crippen molar-refractivity contribution in [2.24, 2.45) is 5.73 Å². The van der Waals surface area contributed by atoms with E-state index < -0.39 is 0 Å². The lowest BCUT2D eigenvalue weighted by atomic mass is 9.95. The summed E-state index contributed by atoms with van der Waals surface area (Å²) in [5.41, 5.74) is 7.57. The number of piperazine rings is 1. The van der Waals surface area contributed by atoms with Gasteiger partial charge in [0.15, 0.2) is 5.76 Å². The lowest BCUT2D eigenvalue weighted by Crippen LogP contribution is -2.52. The highest BCUT2D eigenvalue weighted by Crippen LogP contribution is 2.26. The number of hydrogen-bond acceptors (Lipinski definition) is 5. The number of nitrogens with two attached hydrogens (primary N) is 1. The molecular weight excluding hydrogens is 356 g/mol. The molecule has 7 heteroatoms. The molecule has 0 bridgehead atoms. The average molecular weight is 382 g/mol. The molecule has 2 aromatic rings. The summed E-state index contributed by atoms with van der Waals surface area (Å²) in [6.07, 6.45) is 1.50. The molecule has 0 spiro atoms. The third-order valence-electron chi connectivity index (χ3n) is 5.68. The summed E-state index contributed by atoms with van der Waals surface area (Å²) >= 11 is 0. The summed E-state index contributed by atoms with van der Waals surface area (Å²) in [7, 11) is 0. The predicted molar refractivity (Wildman–Crippen MR) is 105 cm³/mol. The summed E-state index contributed by atoms with van der Waals surface area (Å²) in [6, 6.07) is 13.7. The lowest BCUT2D eigenvalue weighted by molar-refractivity contribution is -0.133. The third kappa shape index (κ3) is 3.95. The Morgan fingerprint density at radius 2 is 1.68 bits per heavy atom. The monoisotopic (exact) mass is 382 g/mol. The molecule has 0 aliphatic carbocycles. The molecule has 148 valence electrons. The predicted octanol–water partition coefficient (Wildman–Crippen LogP) is 0.991. The fraction of sp³-hybridized carbons (Fsp3) is 0.429. The van der Waals surface area contributed by atoms with E-state index >= 15 is 0 Å². The van der Waals surface area contributed by atoms with Crippen molar-refractivity contribution in [3.05, 3.63) is 60.1 Å². The summed E-state index contributed by atoms with van der Waals surface area (Å²) in [5.74, 6) is 0.592. The van der Waals surface area contributed by atoms with Gasteiger partial charge < -0.3 is 20.0 Å². The van der Waals surface area contributed by atoms with Crippen molar-refractivity contribution >= 4 is 11.8 Å². The fourth-order valence-electron chi connectivity index (χ4n) is 4.10. The van der Waals surface area contributed by atoms with Crippen LogP contribution in [0.1, 0.15) is 22.0 Å². The van der Waals surface area contributed by atoms with E-state index in [1.165, 1.54) is 11.8 Å². The molecule has 28 heavy (non-hydrogen) atoms. The van der Waals surface area contributed by atoms with Crippen molar-refractivity contribution in [3.8, 4) is 0 Å². The van der Waals surface area contributed by atoms with E-state index in [0.29, 0.717) is 38.5 Å². The number of rotatable bonds is 4. The van der Waals surface area contributed by atoms with Crippen LogP contribution in [0.2, 0.25) is 0 Å². The number of nitrogens with zero attached hydrogens (tertiary/aromatic N) is 3. The lowest BCUT2D eigenvalue weighted by Gasteiger charge is -2.35. The minimum absolute atomic E-state index is 0.0398. The van der Waals surface area contributed by atoms with Gasteiger partial charge in [-0.05, 0) is 17.7 Å². The first-order valence-corrected chi connectivity index (χ1v) is 9.75. The zero-order valence-corrected chi connectivity index (χ0v) is 15.9. The van der Waals surface area contributed by atoms with Gasteiger partial charge in [0, 0.05) is 51.2 Å². The van der Waals surface area contributed by atoms with Gasteiger partial charge in [0.1, 0.15) is 0 Å². The van der Waals surface area contributed by atoms with Crippen LogP contribution in [0.5, 0.6) is 0 Å². The average Bonchev–Trinajstić information content (AvgIpc) is 3.38. The van der Waals surface area contributed by atoms with Gasteiger partial charge >= 0.3 is 0 Å². The van der Waals surface area contributed by atoms with Gasteiger partial charge in [-0.3, -0.25) is 14.5 Å². The first-order chi connectivity index (χ1) is 13.6. The maximum Gasteiger partial charge on any atom is 0.289 e. The first kappa shape index (κ1) is 18.7. The van der Waals surface area contributed by atoms with E-state index in [9.17, 15) is 9.59 Å². The Labute approximate surface area is 164 Å². The summed E-state index contributed by atoms with van der Waals surface area (Å²) in [5, 5.41) is 0. The molecule has 2 fully saturated rings. The van der Waals surface area contributed by atoms with Crippen LogP contribution >= 0.6 is 0 Å².